The number of benzene rings is 1. The fraction of sp³-hybridized carbons (Fsp3) is 0.412. The third kappa shape index (κ3) is 2.90. The predicted octanol–water partition coefficient (Wildman–Crippen LogP) is 2.58. The molecule has 110 valence electrons. The van der Waals surface area contributed by atoms with E-state index in [0.717, 1.165) is 42.3 Å². The van der Waals surface area contributed by atoms with Crippen LogP contribution in [-0.4, -0.2) is 28.1 Å². The zero-order chi connectivity index (χ0) is 14.8. The van der Waals surface area contributed by atoms with E-state index in [0.29, 0.717) is 5.56 Å². The Morgan fingerprint density at radius 2 is 2.05 bits per heavy atom. The van der Waals surface area contributed by atoms with E-state index in [1.54, 1.807) is 0 Å². The number of aromatic nitrogens is 1. The van der Waals surface area contributed by atoms with Crippen LogP contribution in [0, 0.1) is 6.92 Å². The first-order chi connectivity index (χ1) is 10.1. The minimum absolute atomic E-state index is 0.123. The topological polar surface area (TPSA) is 62.2 Å². The second-order valence-corrected chi connectivity index (χ2v) is 5.76. The summed E-state index contributed by atoms with van der Waals surface area (Å²) in [6, 6.07) is 9.32. The van der Waals surface area contributed by atoms with Gasteiger partial charge in [-0.05, 0) is 31.9 Å². The minimum atomic E-state index is -0.433. The summed E-state index contributed by atoms with van der Waals surface area (Å²) in [6.07, 6.45) is 3.26. The SMILES string of the molecule is Cc1cc(C(=O)N[C@H]2CCCC[C@@H]2O)c2ccccc2n1. The molecule has 1 heterocycles. The van der Waals surface area contributed by atoms with Crippen molar-refractivity contribution in [2.75, 3.05) is 0 Å². The van der Waals surface area contributed by atoms with Gasteiger partial charge in [0.2, 0.25) is 0 Å². The van der Waals surface area contributed by atoms with Gasteiger partial charge < -0.3 is 10.4 Å². The number of carbonyl (C=O) groups is 1. The maximum Gasteiger partial charge on any atom is 0.252 e. The Labute approximate surface area is 124 Å². The normalized spacial score (nSPS) is 22.2. The lowest BCUT2D eigenvalue weighted by molar-refractivity contribution is 0.0718. The molecule has 0 radical (unpaired) electrons. The van der Waals surface area contributed by atoms with Crippen molar-refractivity contribution >= 4 is 16.8 Å². The summed E-state index contributed by atoms with van der Waals surface area (Å²) < 4.78 is 0. The Morgan fingerprint density at radius 1 is 1.29 bits per heavy atom. The number of nitrogens with one attached hydrogen (secondary N) is 1. The summed E-state index contributed by atoms with van der Waals surface area (Å²) >= 11 is 0. The first-order valence-corrected chi connectivity index (χ1v) is 7.50. The largest absolute Gasteiger partial charge is 0.391 e. The van der Waals surface area contributed by atoms with Crippen LogP contribution in [0.25, 0.3) is 10.9 Å². The Hall–Kier alpha value is -1.94. The maximum absolute atomic E-state index is 12.6. The van der Waals surface area contributed by atoms with E-state index in [-0.39, 0.29) is 11.9 Å². The summed E-state index contributed by atoms with van der Waals surface area (Å²) in [7, 11) is 0. The number of hydrogen-bond donors (Lipinski definition) is 2. The molecule has 0 spiro atoms. The Balaban J connectivity index is 1.90. The van der Waals surface area contributed by atoms with E-state index >= 15 is 0 Å². The number of hydrogen-bond acceptors (Lipinski definition) is 3. The van der Waals surface area contributed by atoms with Crippen LogP contribution < -0.4 is 5.32 Å². The smallest absolute Gasteiger partial charge is 0.252 e. The number of nitrogens with zero attached hydrogens (tertiary/aromatic N) is 1. The molecule has 21 heavy (non-hydrogen) atoms. The third-order valence-corrected chi connectivity index (χ3v) is 4.13. The number of carbonyl (C=O) groups excluding carboxylic acids is 1. The van der Waals surface area contributed by atoms with Crippen LogP contribution >= 0.6 is 0 Å². The maximum atomic E-state index is 12.6. The number of aryl methyl sites for hydroxylation is 1. The molecular weight excluding hydrogens is 264 g/mol. The molecule has 0 bridgehead atoms. The fourth-order valence-corrected chi connectivity index (χ4v) is 3.02. The fourth-order valence-electron chi connectivity index (χ4n) is 3.02. The van der Waals surface area contributed by atoms with Gasteiger partial charge in [-0.15, -0.1) is 0 Å². The lowest BCUT2D eigenvalue weighted by Gasteiger charge is -2.28. The molecule has 1 aliphatic rings. The first kappa shape index (κ1) is 14.0. The van der Waals surface area contributed by atoms with Crippen LogP contribution in [0.2, 0.25) is 0 Å². The molecule has 0 aliphatic heterocycles. The number of aliphatic hydroxyl groups is 1. The summed E-state index contributed by atoms with van der Waals surface area (Å²) in [4.78, 5) is 17.0. The first-order valence-electron chi connectivity index (χ1n) is 7.50. The van der Waals surface area contributed by atoms with Crippen LogP contribution in [0.5, 0.6) is 0 Å². The molecule has 2 aromatic rings. The van der Waals surface area contributed by atoms with Crippen LogP contribution in [0.4, 0.5) is 0 Å². The number of aliphatic hydroxyl groups excluding tert-OH is 1. The highest BCUT2D eigenvalue weighted by atomic mass is 16.3. The number of pyridine rings is 1. The van der Waals surface area contributed by atoms with E-state index in [9.17, 15) is 9.90 Å². The zero-order valence-electron chi connectivity index (χ0n) is 12.2. The Bertz CT molecular complexity index is 669. The lowest BCUT2D eigenvalue weighted by Crippen LogP contribution is -2.45. The van der Waals surface area contributed by atoms with Crippen molar-refractivity contribution in [3.63, 3.8) is 0 Å². The quantitative estimate of drug-likeness (QED) is 0.891. The lowest BCUT2D eigenvalue weighted by atomic mass is 9.92. The van der Waals surface area contributed by atoms with Crippen LogP contribution in [0.3, 0.4) is 0 Å². The van der Waals surface area contributed by atoms with Gasteiger partial charge in [0.05, 0.1) is 23.2 Å². The molecule has 3 rings (SSSR count). The van der Waals surface area contributed by atoms with Gasteiger partial charge in [0, 0.05) is 11.1 Å². The van der Waals surface area contributed by atoms with Gasteiger partial charge >= 0.3 is 0 Å². The van der Waals surface area contributed by atoms with E-state index in [4.69, 9.17) is 0 Å². The molecule has 4 nitrogen and oxygen atoms in total. The van der Waals surface area contributed by atoms with Crippen LogP contribution in [0.1, 0.15) is 41.7 Å². The molecule has 2 N–H and O–H groups in total. The van der Waals surface area contributed by atoms with Crippen molar-refractivity contribution < 1.29 is 9.90 Å². The average molecular weight is 284 g/mol. The van der Waals surface area contributed by atoms with Gasteiger partial charge in [0.15, 0.2) is 0 Å². The predicted molar refractivity (Wildman–Crippen MR) is 82.2 cm³/mol. The highest BCUT2D eigenvalue weighted by Crippen LogP contribution is 2.21. The van der Waals surface area contributed by atoms with E-state index in [1.165, 1.54) is 0 Å². The monoisotopic (exact) mass is 284 g/mol. The standard InChI is InChI=1S/C17H20N2O2/c1-11-10-13(12-6-2-3-7-14(12)18-11)17(21)19-15-8-4-5-9-16(15)20/h2-3,6-7,10,15-16,20H,4-5,8-9H2,1H3,(H,19,21)/t15-,16-/m0/s1. The molecule has 4 heteroatoms. The molecule has 0 saturated heterocycles. The van der Waals surface area contributed by atoms with Gasteiger partial charge in [-0.1, -0.05) is 31.0 Å². The van der Waals surface area contributed by atoms with Crippen molar-refractivity contribution in [3.05, 3.63) is 41.6 Å². The number of amides is 1. The average Bonchev–Trinajstić information content (AvgIpc) is 2.48. The highest BCUT2D eigenvalue weighted by molar-refractivity contribution is 6.06. The van der Waals surface area contributed by atoms with Crippen molar-refractivity contribution in [1.29, 1.82) is 0 Å². The Kier molecular flexibility index (Phi) is 3.88. The highest BCUT2D eigenvalue weighted by Gasteiger charge is 2.25. The second kappa shape index (κ2) is 5.82. The van der Waals surface area contributed by atoms with Crippen molar-refractivity contribution in [1.82, 2.24) is 10.3 Å². The summed E-state index contributed by atoms with van der Waals surface area (Å²) in [6.45, 7) is 1.89. The summed E-state index contributed by atoms with van der Waals surface area (Å²) in [5.41, 5.74) is 2.28. The summed E-state index contributed by atoms with van der Waals surface area (Å²) in [5.74, 6) is -0.123. The van der Waals surface area contributed by atoms with E-state index in [1.807, 2.05) is 37.3 Å². The van der Waals surface area contributed by atoms with Crippen LogP contribution in [0.15, 0.2) is 30.3 Å². The van der Waals surface area contributed by atoms with Gasteiger partial charge in [0.1, 0.15) is 0 Å². The van der Waals surface area contributed by atoms with Crippen LogP contribution in [-0.2, 0) is 0 Å². The van der Waals surface area contributed by atoms with E-state index in [2.05, 4.69) is 10.3 Å². The molecular formula is C17H20N2O2. The summed E-state index contributed by atoms with van der Waals surface area (Å²) in [5, 5.41) is 13.8. The number of rotatable bonds is 2. The second-order valence-electron chi connectivity index (χ2n) is 5.76. The third-order valence-electron chi connectivity index (χ3n) is 4.13. The van der Waals surface area contributed by atoms with Crippen molar-refractivity contribution in [2.24, 2.45) is 0 Å². The molecule has 1 aliphatic carbocycles. The molecule has 2 atom stereocenters. The molecule has 1 aromatic carbocycles. The van der Waals surface area contributed by atoms with Crippen molar-refractivity contribution in [2.45, 2.75) is 44.8 Å². The number of para-hydroxylation sites is 1. The molecule has 1 saturated carbocycles. The Morgan fingerprint density at radius 3 is 2.86 bits per heavy atom. The minimum Gasteiger partial charge on any atom is -0.391 e. The van der Waals surface area contributed by atoms with Crippen molar-refractivity contribution in [3.8, 4) is 0 Å². The number of fused-ring (bicyclic) bond motifs is 1. The van der Waals surface area contributed by atoms with Gasteiger partial charge in [-0.25, -0.2) is 0 Å². The van der Waals surface area contributed by atoms with Gasteiger partial charge in [0.25, 0.3) is 5.91 Å². The zero-order valence-corrected chi connectivity index (χ0v) is 12.2. The molecule has 1 amide bonds. The van der Waals surface area contributed by atoms with Gasteiger partial charge in [-0.3, -0.25) is 9.78 Å². The molecule has 0 unspecified atom stereocenters. The van der Waals surface area contributed by atoms with E-state index < -0.39 is 6.10 Å². The molecule has 1 fully saturated rings. The molecule has 1 aromatic heterocycles. The van der Waals surface area contributed by atoms with Gasteiger partial charge in [-0.2, -0.15) is 0 Å².